The molecule has 0 radical (unpaired) electrons. The van der Waals surface area contributed by atoms with Crippen LogP contribution in [-0.4, -0.2) is 5.91 Å². The second-order valence-electron chi connectivity index (χ2n) is 4.04. The molecule has 19 heavy (non-hydrogen) atoms. The Bertz CT molecular complexity index is 616. The van der Waals surface area contributed by atoms with Gasteiger partial charge in [-0.2, -0.15) is 0 Å². The second kappa shape index (κ2) is 5.71. The van der Waals surface area contributed by atoms with Crippen molar-refractivity contribution in [1.82, 2.24) is 0 Å². The Kier molecular flexibility index (Phi) is 4.02. The minimum atomic E-state index is -0.592. The van der Waals surface area contributed by atoms with Crippen LogP contribution in [0.15, 0.2) is 42.5 Å². The van der Waals surface area contributed by atoms with Gasteiger partial charge in [0.15, 0.2) is 0 Å². The molecule has 3 N–H and O–H groups in total. The van der Waals surface area contributed by atoms with E-state index >= 15 is 0 Å². The van der Waals surface area contributed by atoms with Crippen LogP contribution in [0, 0.1) is 5.82 Å². The number of nitrogens with one attached hydrogen (secondary N) is 1. The third-order valence-corrected chi connectivity index (χ3v) is 2.86. The monoisotopic (exact) mass is 278 g/mol. The number of amides is 1. The zero-order valence-corrected chi connectivity index (χ0v) is 10.7. The van der Waals surface area contributed by atoms with E-state index in [9.17, 15) is 9.18 Å². The van der Waals surface area contributed by atoms with Gasteiger partial charge in [0.1, 0.15) is 5.82 Å². The van der Waals surface area contributed by atoms with Gasteiger partial charge in [0, 0.05) is 17.1 Å². The molecule has 2 rings (SSSR count). The van der Waals surface area contributed by atoms with E-state index in [4.69, 9.17) is 17.3 Å². The fraction of sp³-hybridized carbons (Fsp3) is 0.0714. The summed E-state index contributed by atoms with van der Waals surface area (Å²) in [4.78, 5) is 11.0. The first-order valence-electron chi connectivity index (χ1n) is 5.64. The molecule has 0 aliphatic heterocycles. The Hall–Kier alpha value is -2.07. The van der Waals surface area contributed by atoms with Gasteiger partial charge in [0.05, 0.1) is 5.69 Å². The van der Waals surface area contributed by atoms with Crippen LogP contribution in [0.25, 0.3) is 0 Å². The molecule has 98 valence electrons. The molecular formula is C14H12ClFN2O. The minimum absolute atomic E-state index is 0.233. The zero-order chi connectivity index (χ0) is 13.8. The van der Waals surface area contributed by atoms with Crippen LogP contribution in [0.2, 0.25) is 5.02 Å². The summed E-state index contributed by atoms with van der Waals surface area (Å²) >= 11 is 5.86. The van der Waals surface area contributed by atoms with Gasteiger partial charge in [0.25, 0.3) is 0 Å². The van der Waals surface area contributed by atoms with Crippen LogP contribution in [0.4, 0.5) is 10.1 Å². The van der Waals surface area contributed by atoms with Crippen LogP contribution in [0.1, 0.15) is 15.9 Å². The fourth-order valence-corrected chi connectivity index (χ4v) is 1.87. The fourth-order valence-electron chi connectivity index (χ4n) is 1.66. The highest BCUT2D eigenvalue weighted by molar-refractivity contribution is 6.30. The van der Waals surface area contributed by atoms with Crippen LogP contribution in [0.3, 0.4) is 0 Å². The number of hydrogen-bond acceptors (Lipinski definition) is 2. The van der Waals surface area contributed by atoms with Crippen LogP contribution in [0.5, 0.6) is 0 Å². The smallest absolute Gasteiger partial charge is 0.248 e. The van der Waals surface area contributed by atoms with Crippen molar-refractivity contribution >= 4 is 23.2 Å². The van der Waals surface area contributed by atoms with Crippen LogP contribution >= 0.6 is 11.6 Å². The van der Waals surface area contributed by atoms with Crippen molar-refractivity contribution in [2.75, 3.05) is 5.32 Å². The first-order chi connectivity index (χ1) is 9.06. The number of nitrogens with two attached hydrogens (primary N) is 1. The molecule has 0 fully saturated rings. The molecule has 2 aromatic rings. The van der Waals surface area contributed by atoms with Gasteiger partial charge >= 0.3 is 0 Å². The third-order valence-electron chi connectivity index (χ3n) is 2.62. The molecule has 1 amide bonds. The lowest BCUT2D eigenvalue weighted by atomic mass is 10.1. The number of benzene rings is 2. The molecule has 5 heteroatoms. The predicted octanol–water partition coefficient (Wildman–Crippen LogP) is 3.19. The van der Waals surface area contributed by atoms with E-state index in [2.05, 4.69) is 5.32 Å². The Morgan fingerprint density at radius 2 is 2.05 bits per heavy atom. The van der Waals surface area contributed by atoms with E-state index in [1.165, 1.54) is 18.2 Å². The van der Waals surface area contributed by atoms with Crippen molar-refractivity contribution in [2.24, 2.45) is 5.73 Å². The quantitative estimate of drug-likeness (QED) is 0.902. The SMILES string of the molecule is NC(=O)c1ccc(F)c(NCc2cccc(Cl)c2)c1. The maximum Gasteiger partial charge on any atom is 0.248 e. The first kappa shape index (κ1) is 13.4. The summed E-state index contributed by atoms with van der Waals surface area (Å²) in [6.45, 7) is 0.402. The maximum absolute atomic E-state index is 13.6. The molecule has 0 heterocycles. The Labute approximate surface area is 115 Å². The van der Waals surface area contributed by atoms with E-state index < -0.39 is 11.7 Å². The molecule has 0 aliphatic carbocycles. The van der Waals surface area contributed by atoms with Gasteiger partial charge in [-0.05, 0) is 35.9 Å². The average molecular weight is 279 g/mol. The molecule has 0 atom stereocenters. The van der Waals surface area contributed by atoms with E-state index in [0.29, 0.717) is 11.6 Å². The summed E-state index contributed by atoms with van der Waals surface area (Å²) in [7, 11) is 0. The van der Waals surface area contributed by atoms with Gasteiger partial charge in [-0.3, -0.25) is 4.79 Å². The van der Waals surface area contributed by atoms with Crippen LogP contribution in [-0.2, 0) is 6.54 Å². The minimum Gasteiger partial charge on any atom is -0.379 e. The largest absolute Gasteiger partial charge is 0.379 e. The van der Waals surface area contributed by atoms with Gasteiger partial charge in [-0.15, -0.1) is 0 Å². The highest BCUT2D eigenvalue weighted by atomic mass is 35.5. The molecule has 0 aliphatic rings. The predicted molar refractivity (Wildman–Crippen MR) is 73.7 cm³/mol. The molecule has 0 spiro atoms. The summed E-state index contributed by atoms with van der Waals surface area (Å²) in [6.07, 6.45) is 0. The molecule has 3 nitrogen and oxygen atoms in total. The molecule has 0 unspecified atom stereocenters. The molecular weight excluding hydrogens is 267 g/mol. The molecule has 2 aromatic carbocycles. The highest BCUT2D eigenvalue weighted by Crippen LogP contribution is 2.18. The number of anilines is 1. The van der Waals surface area contributed by atoms with E-state index in [1.54, 1.807) is 12.1 Å². The lowest BCUT2D eigenvalue weighted by molar-refractivity contribution is 0.100. The number of primary amides is 1. The lowest BCUT2D eigenvalue weighted by Crippen LogP contribution is -2.12. The summed E-state index contributed by atoms with van der Waals surface area (Å²) in [5, 5.41) is 3.53. The normalized spacial score (nSPS) is 10.2. The van der Waals surface area contributed by atoms with Gasteiger partial charge < -0.3 is 11.1 Å². The summed E-state index contributed by atoms with van der Waals surface area (Å²) in [6, 6.07) is 11.2. The Balaban J connectivity index is 2.15. The number of rotatable bonds is 4. The summed E-state index contributed by atoms with van der Waals surface area (Å²) < 4.78 is 13.6. The summed E-state index contributed by atoms with van der Waals surface area (Å²) in [5.41, 5.74) is 6.56. The Morgan fingerprint density at radius 1 is 1.26 bits per heavy atom. The average Bonchev–Trinajstić information content (AvgIpc) is 2.37. The lowest BCUT2D eigenvalue weighted by Gasteiger charge is -2.09. The van der Waals surface area contributed by atoms with Gasteiger partial charge in [-0.1, -0.05) is 23.7 Å². The van der Waals surface area contributed by atoms with Crippen molar-refractivity contribution in [3.8, 4) is 0 Å². The topological polar surface area (TPSA) is 55.1 Å². The first-order valence-corrected chi connectivity index (χ1v) is 6.02. The molecule has 0 bridgehead atoms. The van der Waals surface area contributed by atoms with Crippen molar-refractivity contribution in [2.45, 2.75) is 6.54 Å². The van der Waals surface area contributed by atoms with E-state index in [0.717, 1.165) is 5.56 Å². The number of carbonyl (C=O) groups is 1. The van der Waals surface area contributed by atoms with E-state index in [-0.39, 0.29) is 11.3 Å². The van der Waals surface area contributed by atoms with Crippen molar-refractivity contribution in [1.29, 1.82) is 0 Å². The van der Waals surface area contributed by atoms with Crippen molar-refractivity contribution in [3.05, 3.63) is 64.4 Å². The third kappa shape index (κ3) is 3.45. The maximum atomic E-state index is 13.6. The number of hydrogen-bond donors (Lipinski definition) is 2. The second-order valence-corrected chi connectivity index (χ2v) is 4.48. The zero-order valence-electron chi connectivity index (χ0n) is 9.99. The summed E-state index contributed by atoms with van der Waals surface area (Å²) in [5.74, 6) is -1.03. The molecule has 0 aromatic heterocycles. The van der Waals surface area contributed by atoms with Gasteiger partial charge in [-0.25, -0.2) is 4.39 Å². The molecule has 0 saturated heterocycles. The number of carbonyl (C=O) groups excluding carboxylic acids is 1. The van der Waals surface area contributed by atoms with Crippen LogP contribution < -0.4 is 11.1 Å². The molecule has 0 saturated carbocycles. The number of halogens is 2. The Morgan fingerprint density at radius 3 is 2.74 bits per heavy atom. The highest BCUT2D eigenvalue weighted by Gasteiger charge is 2.06. The van der Waals surface area contributed by atoms with E-state index in [1.807, 2.05) is 12.1 Å². The van der Waals surface area contributed by atoms with Crippen molar-refractivity contribution < 1.29 is 9.18 Å². The standard InChI is InChI=1S/C14H12ClFN2O/c15-11-3-1-2-9(6-11)8-18-13-7-10(14(17)19)4-5-12(13)16/h1-7,18H,8H2,(H2,17,19). The van der Waals surface area contributed by atoms with Crippen molar-refractivity contribution in [3.63, 3.8) is 0 Å². The van der Waals surface area contributed by atoms with Gasteiger partial charge in [0.2, 0.25) is 5.91 Å².